The molecule has 0 saturated carbocycles. The molecule has 1 aromatic carbocycles. The van der Waals surface area contributed by atoms with Crippen molar-refractivity contribution in [2.75, 3.05) is 6.54 Å². The van der Waals surface area contributed by atoms with Gasteiger partial charge in [-0.2, -0.15) is 0 Å². The number of hydrogen-bond donors (Lipinski definition) is 2. The summed E-state index contributed by atoms with van der Waals surface area (Å²) in [5.74, 6) is -1.31. The predicted molar refractivity (Wildman–Crippen MR) is 86.3 cm³/mol. The summed E-state index contributed by atoms with van der Waals surface area (Å²) in [6.07, 6.45) is 0.0190. The lowest BCUT2D eigenvalue weighted by Gasteiger charge is -2.09. The quantitative estimate of drug-likeness (QED) is 0.847. The first kappa shape index (κ1) is 16.5. The lowest BCUT2D eigenvalue weighted by Crippen LogP contribution is -2.29. The van der Waals surface area contributed by atoms with E-state index in [9.17, 15) is 9.59 Å². The lowest BCUT2D eigenvalue weighted by molar-refractivity contribution is -0.137. The molecule has 0 aliphatic carbocycles. The van der Waals surface area contributed by atoms with Crippen molar-refractivity contribution in [1.29, 1.82) is 0 Å². The minimum atomic E-state index is -0.876. The first-order valence-electron chi connectivity index (χ1n) is 6.67. The standard InChI is InChI=1S/C15H15ClN2O3S/c1-9(5-13(19)20)7-17-14(21)12-8-22-15(18-12)10-3-2-4-11(16)6-10/h2-4,6,8-9H,5,7H2,1H3,(H,17,21)(H,19,20). The van der Waals surface area contributed by atoms with Crippen LogP contribution in [-0.4, -0.2) is 28.5 Å². The van der Waals surface area contributed by atoms with Crippen molar-refractivity contribution in [3.63, 3.8) is 0 Å². The van der Waals surface area contributed by atoms with Crippen LogP contribution in [-0.2, 0) is 4.79 Å². The fourth-order valence-corrected chi connectivity index (χ4v) is 2.85. The van der Waals surface area contributed by atoms with Crippen LogP contribution in [0.15, 0.2) is 29.6 Å². The first-order chi connectivity index (χ1) is 10.5. The van der Waals surface area contributed by atoms with Gasteiger partial charge in [-0.15, -0.1) is 11.3 Å². The van der Waals surface area contributed by atoms with E-state index in [2.05, 4.69) is 10.3 Å². The maximum absolute atomic E-state index is 12.0. The van der Waals surface area contributed by atoms with Crippen LogP contribution in [0, 0.1) is 5.92 Å². The van der Waals surface area contributed by atoms with E-state index < -0.39 is 5.97 Å². The summed E-state index contributed by atoms with van der Waals surface area (Å²) < 4.78 is 0. The SMILES string of the molecule is CC(CNC(=O)c1csc(-c2cccc(Cl)c2)n1)CC(=O)O. The topological polar surface area (TPSA) is 79.3 Å². The van der Waals surface area contributed by atoms with Gasteiger partial charge in [0.15, 0.2) is 0 Å². The summed E-state index contributed by atoms with van der Waals surface area (Å²) in [7, 11) is 0. The zero-order valence-electron chi connectivity index (χ0n) is 11.9. The summed E-state index contributed by atoms with van der Waals surface area (Å²) in [5.41, 5.74) is 1.18. The Labute approximate surface area is 137 Å². The Kier molecular flexibility index (Phi) is 5.51. The van der Waals surface area contributed by atoms with E-state index in [1.165, 1.54) is 11.3 Å². The molecule has 1 amide bonds. The van der Waals surface area contributed by atoms with E-state index >= 15 is 0 Å². The minimum absolute atomic E-state index is 0.0190. The van der Waals surface area contributed by atoms with E-state index in [0.717, 1.165) is 5.56 Å². The van der Waals surface area contributed by atoms with Crippen molar-refractivity contribution in [2.24, 2.45) is 5.92 Å². The second-order valence-corrected chi connectivity index (χ2v) is 6.26. The molecule has 1 unspecified atom stereocenters. The highest BCUT2D eigenvalue weighted by molar-refractivity contribution is 7.13. The summed E-state index contributed by atoms with van der Waals surface area (Å²) >= 11 is 7.30. The van der Waals surface area contributed by atoms with E-state index in [1.807, 2.05) is 12.1 Å². The van der Waals surface area contributed by atoms with E-state index in [-0.39, 0.29) is 18.2 Å². The molecule has 0 radical (unpaired) electrons. The highest BCUT2D eigenvalue weighted by Gasteiger charge is 2.14. The molecule has 1 aromatic heterocycles. The largest absolute Gasteiger partial charge is 0.481 e. The number of carboxylic acids is 1. The summed E-state index contributed by atoms with van der Waals surface area (Å²) in [6.45, 7) is 2.07. The number of thiazole rings is 1. The number of carboxylic acid groups (broad SMARTS) is 1. The van der Waals surface area contributed by atoms with Gasteiger partial charge in [-0.25, -0.2) is 4.98 Å². The molecule has 0 fully saturated rings. The molecule has 0 saturated heterocycles. The van der Waals surface area contributed by atoms with Gasteiger partial charge < -0.3 is 10.4 Å². The molecule has 7 heteroatoms. The van der Waals surface area contributed by atoms with Crippen LogP contribution >= 0.6 is 22.9 Å². The number of amides is 1. The number of aromatic nitrogens is 1. The van der Waals surface area contributed by atoms with Crippen LogP contribution in [0.3, 0.4) is 0 Å². The fourth-order valence-electron chi connectivity index (χ4n) is 1.86. The highest BCUT2D eigenvalue weighted by atomic mass is 35.5. The number of carbonyl (C=O) groups is 2. The Morgan fingerprint density at radius 1 is 1.45 bits per heavy atom. The Morgan fingerprint density at radius 3 is 2.91 bits per heavy atom. The van der Waals surface area contributed by atoms with E-state index in [1.54, 1.807) is 24.4 Å². The highest BCUT2D eigenvalue weighted by Crippen LogP contribution is 2.25. The molecule has 1 heterocycles. The van der Waals surface area contributed by atoms with Crippen molar-refractivity contribution in [2.45, 2.75) is 13.3 Å². The number of benzene rings is 1. The molecule has 2 rings (SSSR count). The number of nitrogens with one attached hydrogen (secondary N) is 1. The number of hydrogen-bond acceptors (Lipinski definition) is 4. The fraction of sp³-hybridized carbons (Fsp3) is 0.267. The van der Waals surface area contributed by atoms with Gasteiger partial charge >= 0.3 is 5.97 Å². The third-order valence-electron chi connectivity index (χ3n) is 2.94. The Hall–Kier alpha value is -1.92. The molecule has 5 nitrogen and oxygen atoms in total. The van der Waals surface area contributed by atoms with Gasteiger partial charge in [-0.05, 0) is 18.1 Å². The Balaban J connectivity index is 1.99. The van der Waals surface area contributed by atoms with Gasteiger partial charge in [0.1, 0.15) is 10.7 Å². The van der Waals surface area contributed by atoms with Gasteiger partial charge in [-0.1, -0.05) is 30.7 Å². The van der Waals surface area contributed by atoms with Crippen LogP contribution in [0.25, 0.3) is 10.6 Å². The van der Waals surface area contributed by atoms with Crippen LogP contribution < -0.4 is 5.32 Å². The van der Waals surface area contributed by atoms with E-state index in [4.69, 9.17) is 16.7 Å². The van der Waals surface area contributed by atoms with Gasteiger partial charge in [0.25, 0.3) is 5.91 Å². The first-order valence-corrected chi connectivity index (χ1v) is 7.93. The number of aliphatic carboxylic acids is 1. The zero-order chi connectivity index (χ0) is 16.1. The number of rotatable bonds is 6. The van der Waals surface area contributed by atoms with Crippen molar-refractivity contribution >= 4 is 34.8 Å². The molecule has 2 N–H and O–H groups in total. The lowest BCUT2D eigenvalue weighted by atomic mass is 10.1. The van der Waals surface area contributed by atoms with E-state index in [0.29, 0.717) is 22.3 Å². The monoisotopic (exact) mass is 338 g/mol. The molecule has 0 spiro atoms. The molecule has 0 bridgehead atoms. The average Bonchev–Trinajstić information content (AvgIpc) is 2.94. The second-order valence-electron chi connectivity index (χ2n) is 4.96. The van der Waals surface area contributed by atoms with Crippen LogP contribution in [0.5, 0.6) is 0 Å². The minimum Gasteiger partial charge on any atom is -0.481 e. The molecule has 116 valence electrons. The molecule has 0 aliphatic rings. The van der Waals surface area contributed by atoms with Crippen molar-refractivity contribution in [1.82, 2.24) is 10.3 Å². The molecular weight excluding hydrogens is 324 g/mol. The average molecular weight is 339 g/mol. The predicted octanol–water partition coefficient (Wildman–Crippen LogP) is 3.30. The third kappa shape index (κ3) is 4.54. The van der Waals surface area contributed by atoms with Gasteiger partial charge in [0, 0.05) is 28.9 Å². The molecule has 0 aliphatic heterocycles. The number of halogens is 1. The maximum atomic E-state index is 12.0. The van der Waals surface area contributed by atoms with Crippen molar-refractivity contribution in [3.8, 4) is 10.6 Å². The smallest absolute Gasteiger partial charge is 0.303 e. The summed E-state index contributed by atoms with van der Waals surface area (Å²) in [6, 6.07) is 7.26. The molecule has 1 atom stereocenters. The molecular formula is C15H15ClN2O3S. The molecule has 22 heavy (non-hydrogen) atoms. The van der Waals surface area contributed by atoms with Crippen molar-refractivity contribution < 1.29 is 14.7 Å². The summed E-state index contributed by atoms with van der Waals surface area (Å²) in [5, 5.41) is 14.4. The summed E-state index contributed by atoms with van der Waals surface area (Å²) in [4.78, 5) is 26.9. The molecule has 2 aromatic rings. The van der Waals surface area contributed by atoms with Crippen LogP contribution in [0.1, 0.15) is 23.8 Å². The maximum Gasteiger partial charge on any atom is 0.303 e. The second kappa shape index (κ2) is 7.38. The van der Waals surface area contributed by atoms with Gasteiger partial charge in [-0.3, -0.25) is 9.59 Å². The zero-order valence-corrected chi connectivity index (χ0v) is 13.4. The normalized spacial score (nSPS) is 11.9. The van der Waals surface area contributed by atoms with Gasteiger partial charge in [0.05, 0.1) is 0 Å². The third-order valence-corrected chi connectivity index (χ3v) is 4.07. The van der Waals surface area contributed by atoms with Gasteiger partial charge in [0.2, 0.25) is 0 Å². The van der Waals surface area contributed by atoms with Crippen LogP contribution in [0.2, 0.25) is 5.02 Å². The number of carbonyl (C=O) groups excluding carboxylic acids is 1. The number of nitrogens with zero attached hydrogens (tertiary/aromatic N) is 1. The van der Waals surface area contributed by atoms with Crippen molar-refractivity contribution in [3.05, 3.63) is 40.4 Å². The Morgan fingerprint density at radius 2 is 2.23 bits per heavy atom. The van der Waals surface area contributed by atoms with Crippen LogP contribution in [0.4, 0.5) is 0 Å². The Bertz CT molecular complexity index is 687.